The van der Waals surface area contributed by atoms with E-state index in [2.05, 4.69) is 19.2 Å². The minimum absolute atomic E-state index is 0.219. The Hall–Kier alpha value is -0.370. The predicted octanol–water partition coefficient (Wildman–Crippen LogP) is 4.33. The lowest BCUT2D eigenvalue weighted by molar-refractivity contribution is -0.122. The lowest BCUT2D eigenvalue weighted by atomic mass is 10.0. The van der Waals surface area contributed by atoms with Crippen molar-refractivity contribution in [1.29, 1.82) is 0 Å². The van der Waals surface area contributed by atoms with Gasteiger partial charge in [0.2, 0.25) is 0 Å². The standard InChI is InChI=1S/C16H33NO/c1-5-15(4)17-13-11-9-7-6-8-10-12-16(18)14(2)3/h14-15,17H,5-13H2,1-4H3. The highest BCUT2D eigenvalue weighted by molar-refractivity contribution is 5.80. The van der Waals surface area contributed by atoms with Crippen LogP contribution >= 0.6 is 0 Å². The van der Waals surface area contributed by atoms with Crippen LogP contribution in [0.1, 0.15) is 79.1 Å². The van der Waals surface area contributed by atoms with Crippen LogP contribution in [0.3, 0.4) is 0 Å². The smallest absolute Gasteiger partial charge is 0.135 e. The summed E-state index contributed by atoms with van der Waals surface area (Å²) in [6.07, 6.45) is 9.51. The van der Waals surface area contributed by atoms with Crippen LogP contribution in [0.25, 0.3) is 0 Å². The molecule has 0 aromatic rings. The zero-order valence-corrected chi connectivity index (χ0v) is 12.9. The summed E-state index contributed by atoms with van der Waals surface area (Å²) in [6, 6.07) is 0.659. The number of unbranched alkanes of at least 4 members (excludes halogenated alkanes) is 5. The molecule has 0 heterocycles. The van der Waals surface area contributed by atoms with Crippen LogP contribution in [0.2, 0.25) is 0 Å². The van der Waals surface area contributed by atoms with E-state index in [1.165, 1.54) is 38.5 Å². The number of hydrogen-bond donors (Lipinski definition) is 1. The molecule has 18 heavy (non-hydrogen) atoms. The molecule has 0 aliphatic rings. The van der Waals surface area contributed by atoms with E-state index in [1.807, 2.05) is 13.8 Å². The fourth-order valence-corrected chi connectivity index (χ4v) is 1.91. The molecule has 0 aliphatic carbocycles. The first-order chi connectivity index (χ1) is 8.57. The minimum Gasteiger partial charge on any atom is -0.314 e. The summed E-state index contributed by atoms with van der Waals surface area (Å²) in [7, 11) is 0. The summed E-state index contributed by atoms with van der Waals surface area (Å²) in [5.41, 5.74) is 0. The van der Waals surface area contributed by atoms with Crippen molar-refractivity contribution in [3.05, 3.63) is 0 Å². The summed E-state index contributed by atoms with van der Waals surface area (Å²) in [4.78, 5) is 11.4. The molecule has 2 nitrogen and oxygen atoms in total. The van der Waals surface area contributed by atoms with Crippen LogP contribution in [0, 0.1) is 5.92 Å². The molecule has 0 rings (SSSR count). The summed E-state index contributed by atoms with van der Waals surface area (Å²) in [5.74, 6) is 0.643. The van der Waals surface area contributed by atoms with Crippen molar-refractivity contribution in [2.45, 2.75) is 85.1 Å². The summed E-state index contributed by atoms with van der Waals surface area (Å²) >= 11 is 0. The van der Waals surface area contributed by atoms with E-state index in [4.69, 9.17) is 0 Å². The van der Waals surface area contributed by atoms with E-state index in [9.17, 15) is 4.79 Å². The SMILES string of the molecule is CCC(C)NCCCCCCCCC(=O)C(C)C. The van der Waals surface area contributed by atoms with E-state index >= 15 is 0 Å². The average molecular weight is 255 g/mol. The molecule has 0 aromatic carbocycles. The molecule has 108 valence electrons. The number of Topliss-reactive ketones (excluding diaryl/α,β-unsaturated/α-hetero) is 1. The molecule has 1 atom stereocenters. The largest absolute Gasteiger partial charge is 0.314 e. The van der Waals surface area contributed by atoms with E-state index in [0.717, 1.165) is 19.4 Å². The van der Waals surface area contributed by atoms with Crippen LogP contribution in [0.4, 0.5) is 0 Å². The van der Waals surface area contributed by atoms with Gasteiger partial charge in [-0.25, -0.2) is 0 Å². The van der Waals surface area contributed by atoms with E-state index in [-0.39, 0.29) is 5.92 Å². The lowest BCUT2D eigenvalue weighted by Crippen LogP contribution is -2.25. The maximum atomic E-state index is 11.4. The second-order valence-corrected chi connectivity index (χ2v) is 5.76. The molecule has 0 amide bonds. The quantitative estimate of drug-likeness (QED) is 0.526. The molecule has 0 bridgehead atoms. The van der Waals surface area contributed by atoms with Crippen molar-refractivity contribution in [1.82, 2.24) is 5.32 Å². The molecule has 2 heteroatoms. The summed E-state index contributed by atoms with van der Waals surface area (Å²) in [5, 5.41) is 3.52. The number of hydrogen-bond acceptors (Lipinski definition) is 2. The number of rotatable bonds is 12. The minimum atomic E-state index is 0.219. The molecule has 0 saturated carbocycles. The van der Waals surface area contributed by atoms with Crippen LogP contribution in [0.15, 0.2) is 0 Å². The number of ketones is 1. The Morgan fingerprint density at radius 3 is 2.06 bits per heavy atom. The zero-order valence-electron chi connectivity index (χ0n) is 12.9. The van der Waals surface area contributed by atoms with Gasteiger partial charge in [0.25, 0.3) is 0 Å². The van der Waals surface area contributed by atoms with Crippen LogP contribution in [-0.2, 0) is 4.79 Å². The Kier molecular flexibility index (Phi) is 11.5. The Labute approximate surface area is 114 Å². The highest BCUT2D eigenvalue weighted by Crippen LogP contribution is 2.09. The third-order valence-electron chi connectivity index (χ3n) is 3.60. The highest BCUT2D eigenvalue weighted by Gasteiger charge is 2.05. The first-order valence-electron chi connectivity index (χ1n) is 7.84. The monoisotopic (exact) mass is 255 g/mol. The van der Waals surface area contributed by atoms with Crippen molar-refractivity contribution in [2.75, 3.05) is 6.54 Å². The second kappa shape index (κ2) is 11.7. The van der Waals surface area contributed by atoms with Gasteiger partial charge in [0.1, 0.15) is 5.78 Å². The van der Waals surface area contributed by atoms with Crippen LogP contribution in [0.5, 0.6) is 0 Å². The summed E-state index contributed by atoms with van der Waals surface area (Å²) in [6.45, 7) is 9.60. The molecule has 0 saturated heterocycles. The molecule has 1 unspecified atom stereocenters. The molecular weight excluding hydrogens is 222 g/mol. The van der Waals surface area contributed by atoms with E-state index < -0.39 is 0 Å². The van der Waals surface area contributed by atoms with Crippen molar-refractivity contribution < 1.29 is 4.79 Å². The van der Waals surface area contributed by atoms with Gasteiger partial charge in [0, 0.05) is 18.4 Å². The third-order valence-corrected chi connectivity index (χ3v) is 3.60. The maximum Gasteiger partial charge on any atom is 0.135 e. The van der Waals surface area contributed by atoms with Gasteiger partial charge in [0.15, 0.2) is 0 Å². The molecule has 0 aliphatic heterocycles. The van der Waals surface area contributed by atoms with Crippen molar-refractivity contribution in [3.63, 3.8) is 0 Å². The zero-order chi connectivity index (χ0) is 13.8. The maximum absolute atomic E-state index is 11.4. The number of carbonyl (C=O) groups is 1. The van der Waals surface area contributed by atoms with Crippen LogP contribution < -0.4 is 5.32 Å². The van der Waals surface area contributed by atoms with Gasteiger partial charge in [-0.1, -0.05) is 46.5 Å². The second-order valence-electron chi connectivity index (χ2n) is 5.76. The Morgan fingerprint density at radius 2 is 1.50 bits per heavy atom. The van der Waals surface area contributed by atoms with Gasteiger partial charge in [-0.2, -0.15) is 0 Å². The van der Waals surface area contributed by atoms with Gasteiger partial charge >= 0.3 is 0 Å². The molecule has 0 radical (unpaired) electrons. The van der Waals surface area contributed by atoms with Gasteiger partial charge in [-0.3, -0.25) is 4.79 Å². The predicted molar refractivity (Wildman–Crippen MR) is 79.9 cm³/mol. The first kappa shape index (κ1) is 17.6. The van der Waals surface area contributed by atoms with E-state index in [0.29, 0.717) is 11.8 Å². The Morgan fingerprint density at radius 1 is 0.944 bits per heavy atom. The average Bonchev–Trinajstić information content (AvgIpc) is 2.35. The highest BCUT2D eigenvalue weighted by atomic mass is 16.1. The fourth-order valence-electron chi connectivity index (χ4n) is 1.91. The van der Waals surface area contributed by atoms with E-state index in [1.54, 1.807) is 0 Å². The van der Waals surface area contributed by atoms with Crippen molar-refractivity contribution in [2.24, 2.45) is 5.92 Å². The van der Waals surface area contributed by atoms with Gasteiger partial charge < -0.3 is 5.32 Å². The van der Waals surface area contributed by atoms with Gasteiger partial charge in [-0.15, -0.1) is 0 Å². The molecule has 0 spiro atoms. The Bertz CT molecular complexity index is 201. The Balaban J connectivity index is 3.15. The van der Waals surface area contributed by atoms with Gasteiger partial charge in [0.05, 0.1) is 0 Å². The molecule has 0 aromatic heterocycles. The van der Waals surface area contributed by atoms with Crippen LogP contribution in [-0.4, -0.2) is 18.4 Å². The van der Waals surface area contributed by atoms with Crippen molar-refractivity contribution >= 4 is 5.78 Å². The van der Waals surface area contributed by atoms with Gasteiger partial charge in [-0.05, 0) is 32.7 Å². The fraction of sp³-hybridized carbons (Fsp3) is 0.938. The third kappa shape index (κ3) is 10.8. The van der Waals surface area contributed by atoms with Crippen molar-refractivity contribution in [3.8, 4) is 0 Å². The first-order valence-corrected chi connectivity index (χ1v) is 7.84. The molecular formula is C16H33NO. The topological polar surface area (TPSA) is 29.1 Å². The molecule has 1 N–H and O–H groups in total. The molecule has 0 fully saturated rings. The number of nitrogens with one attached hydrogen (secondary N) is 1. The lowest BCUT2D eigenvalue weighted by Gasteiger charge is -2.10. The number of carbonyl (C=O) groups excluding carboxylic acids is 1. The summed E-state index contributed by atoms with van der Waals surface area (Å²) < 4.78 is 0. The normalized spacial score (nSPS) is 12.9.